The van der Waals surface area contributed by atoms with Gasteiger partial charge in [0.1, 0.15) is 18.0 Å². The van der Waals surface area contributed by atoms with E-state index in [0.717, 1.165) is 82.1 Å². The highest BCUT2D eigenvalue weighted by Gasteiger charge is 2.26. The molecule has 1 fully saturated rings. The Bertz CT molecular complexity index is 1300. The van der Waals surface area contributed by atoms with Gasteiger partial charge in [-0.25, -0.2) is 4.39 Å². The number of aliphatic imine (C=N–C) groups is 1. The van der Waals surface area contributed by atoms with Crippen LogP contribution in [0.5, 0.6) is 5.75 Å². The standard InChI is InChI=1S/C37H51FN2O4/c1-5-8-31(10-6-11-34(41)30-14-13-29-21-26(2)16-18-39-33(29)24-30)40-19-7-9-27(17-20-40)23-36(43)44-25-28-12-15-32(35(42)22-28)37(3,4)38/h12-15,18,22,24,26-27,31,42H,5-11,16-17,19-21,23,25H2,1-4H3. The molecule has 3 unspecified atom stereocenters. The minimum absolute atomic E-state index is 0.0629. The average molecular weight is 607 g/mol. The second-order valence-electron chi connectivity index (χ2n) is 13.5. The SMILES string of the molecule is CCCC(CCCC(=O)c1ccc2c(c1)N=CCC(C)C2)N1CCCC(CC(=O)OCc2ccc(C(C)(C)F)c(O)c2)CC1. The van der Waals surface area contributed by atoms with Crippen molar-refractivity contribution >= 4 is 23.7 Å². The Labute approximate surface area is 263 Å². The summed E-state index contributed by atoms with van der Waals surface area (Å²) in [6, 6.07) is 11.2. The van der Waals surface area contributed by atoms with Gasteiger partial charge in [-0.2, -0.15) is 0 Å². The number of phenols is 1. The minimum atomic E-state index is -1.64. The van der Waals surface area contributed by atoms with Crippen molar-refractivity contribution in [2.24, 2.45) is 16.8 Å². The van der Waals surface area contributed by atoms with Crippen LogP contribution in [0.2, 0.25) is 0 Å². The Hall–Kier alpha value is -3.06. The van der Waals surface area contributed by atoms with E-state index in [4.69, 9.17) is 4.74 Å². The van der Waals surface area contributed by atoms with Gasteiger partial charge in [0.25, 0.3) is 0 Å². The summed E-state index contributed by atoms with van der Waals surface area (Å²) in [6.07, 6.45) is 11.9. The van der Waals surface area contributed by atoms with E-state index in [1.54, 1.807) is 12.1 Å². The zero-order valence-electron chi connectivity index (χ0n) is 27.1. The van der Waals surface area contributed by atoms with Crippen LogP contribution in [-0.2, 0) is 28.2 Å². The summed E-state index contributed by atoms with van der Waals surface area (Å²) >= 11 is 0. The number of hydrogen-bond donors (Lipinski definition) is 1. The van der Waals surface area contributed by atoms with Gasteiger partial charge in [0, 0.05) is 36.2 Å². The number of ether oxygens (including phenoxy) is 1. The predicted molar refractivity (Wildman–Crippen MR) is 175 cm³/mol. The molecule has 0 aromatic heterocycles. The maximum atomic E-state index is 14.2. The molecule has 0 aliphatic carbocycles. The largest absolute Gasteiger partial charge is 0.508 e. The Morgan fingerprint density at radius 3 is 2.70 bits per heavy atom. The molecule has 0 amide bonds. The number of esters is 1. The van der Waals surface area contributed by atoms with Crippen LogP contribution in [0.15, 0.2) is 41.4 Å². The summed E-state index contributed by atoms with van der Waals surface area (Å²) in [4.78, 5) is 32.9. The number of Topliss-reactive ketones (excluding diaryl/α,β-unsaturated/α-hetero) is 1. The second-order valence-corrected chi connectivity index (χ2v) is 13.5. The molecule has 0 spiro atoms. The van der Waals surface area contributed by atoms with Crippen molar-refractivity contribution in [3.8, 4) is 5.75 Å². The predicted octanol–water partition coefficient (Wildman–Crippen LogP) is 8.64. The molecule has 0 saturated carbocycles. The van der Waals surface area contributed by atoms with Crippen molar-refractivity contribution in [1.29, 1.82) is 0 Å². The highest BCUT2D eigenvalue weighted by Crippen LogP contribution is 2.33. The van der Waals surface area contributed by atoms with Gasteiger partial charge in [-0.3, -0.25) is 14.6 Å². The topological polar surface area (TPSA) is 79.2 Å². The second kappa shape index (κ2) is 15.8. The molecule has 0 radical (unpaired) electrons. The van der Waals surface area contributed by atoms with Crippen LogP contribution in [0.1, 0.15) is 119 Å². The summed E-state index contributed by atoms with van der Waals surface area (Å²) in [7, 11) is 0. The third-order valence-electron chi connectivity index (χ3n) is 9.23. The first-order valence-corrected chi connectivity index (χ1v) is 16.6. The van der Waals surface area contributed by atoms with Crippen molar-refractivity contribution in [3.05, 3.63) is 58.7 Å². The van der Waals surface area contributed by atoms with Crippen molar-refractivity contribution in [2.75, 3.05) is 13.1 Å². The number of halogens is 1. The van der Waals surface area contributed by atoms with Crippen LogP contribution >= 0.6 is 0 Å². The van der Waals surface area contributed by atoms with Gasteiger partial charge in [0.05, 0.1) is 5.69 Å². The summed E-state index contributed by atoms with van der Waals surface area (Å²) in [6.45, 7) is 9.28. The normalized spacial score (nSPS) is 19.9. The number of rotatable bonds is 13. The lowest BCUT2D eigenvalue weighted by atomic mass is 9.95. The first kappa shape index (κ1) is 33.8. The molecular weight excluding hydrogens is 555 g/mol. The lowest BCUT2D eigenvalue weighted by Crippen LogP contribution is -2.36. The fourth-order valence-corrected chi connectivity index (χ4v) is 6.69. The van der Waals surface area contributed by atoms with Crippen molar-refractivity contribution in [2.45, 2.75) is 117 Å². The molecular formula is C37H51FN2O4. The lowest BCUT2D eigenvalue weighted by Gasteiger charge is -2.30. The summed E-state index contributed by atoms with van der Waals surface area (Å²) in [5.74, 6) is 0.683. The van der Waals surface area contributed by atoms with E-state index >= 15 is 0 Å². The number of hydrogen-bond acceptors (Lipinski definition) is 6. The van der Waals surface area contributed by atoms with E-state index in [1.807, 2.05) is 18.3 Å². The molecule has 1 saturated heterocycles. The summed E-state index contributed by atoms with van der Waals surface area (Å²) in [5.41, 5.74) is 2.16. The van der Waals surface area contributed by atoms with Crippen LogP contribution < -0.4 is 0 Å². The maximum Gasteiger partial charge on any atom is 0.306 e. The van der Waals surface area contributed by atoms with E-state index in [-0.39, 0.29) is 35.6 Å². The quantitative estimate of drug-likeness (QED) is 0.182. The number of alkyl halides is 1. The smallest absolute Gasteiger partial charge is 0.306 e. The first-order chi connectivity index (χ1) is 21.0. The van der Waals surface area contributed by atoms with Crippen LogP contribution in [0.4, 0.5) is 10.1 Å². The third kappa shape index (κ3) is 9.72. The average Bonchev–Trinajstić information content (AvgIpc) is 3.31. The van der Waals surface area contributed by atoms with Crippen LogP contribution in [0.25, 0.3) is 0 Å². The van der Waals surface area contributed by atoms with Crippen molar-refractivity contribution in [3.63, 3.8) is 0 Å². The molecule has 2 aromatic carbocycles. The number of benzene rings is 2. The van der Waals surface area contributed by atoms with Crippen LogP contribution in [0.3, 0.4) is 0 Å². The molecule has 0 bridgehead atoms. The molecule has 44 heavy (non-hydrogen) atoms. The zero-order chi connectivity index (χ0) is 31.7. The van der Waals surface area contributed by atoms with Gasteiger partial charge in [-0.15, -0.1) is 0 Å². The number of phenolic OH excluding ortho intramolecular Hbond substituents is 1. The fourth-order valence-electron chi connectivity index (χ4n) is 6.69. The molecule has 7 heteroatoms. The van der Waals surface area contributed by atoms with Gasteiger partial charge in [0.15, 0.2) is 5.78 Å². The Balaban J connectivity index is 1.22. The Kier molecular flexibility index (Phi) is 12.1. The molecule has 2 aromatic rings. The molecule has 3 atom stereocenters. The van der Waals surface area contributed by atoms with Gasteiger partial charge in [-0.1, -0.05) is 44.5 Å². The number of carbonyl (C=O) groups is 2. The molecule has 1 N–H and O–H groups in total. The number of likely N-dealkylation sites (tertiary alicyclic amines) is 1. The van der Waals surface area contributed by atoms with E-state index < -0.39 is 5.67 Å². The molecule has 2 heterocycles. The maximum absolute atomic E-state index is 14.2. The molecule has 4 rings (SSSR count). The van der Waals surface area contributed by atoms with Gasteiger partial charge >= 0.3 is 5.97 Å². The van der Waals surface area contributed by atoms with Crippen LogP contribution in [-0.4, -0.2) is 47.1 Å². The lowest BCUT2D eigenvalue weighted by molar-refractivity contribution is -0.146. The van der Waals surface area contributed by atoms with E-state index in [1.165, 1.54) is 25.5 Å². The van der Waals surface area contributed by atoms with Crippen molar-refractivity contribution in [1.82, 2.24) is 4.90 Å². The number of carbonyl (C=O) groups excluding carboxylic acids is 2. The van der Waals surface area contributed by atoms with Gasteiger partial charge in [-0.05, 0) is 113 Å². The third-order valence-corrected chi connectivity index (χ3v) is 9.23. The number of nitrogens with zero attached hydrogens (tertiary/aromatic N) is 2. The van der Waals surface area contributed by atoms with Crippen LogP contribution in [0, 0.1) is 11.8 Å². The minimum Gasteiger partial charge on any atom is -0.508 e. The highest BCUT2D eigenvalue weighted by molar-refractivity contribution is 5.97. The van der Waals surface area contributed by atoms with E-state index in [0.29, 0.717) is 30.4 Å². The number of fused-ring (bicyclic) bond motifs is 1. The number of ketones is 1. The molecule has 6 nitrogen and oxygen atoms in total. The number of aromatic hydroxyl groups is 1. The summed E-state index contributed by atoms with van der Waals surface area (Å²) < 4.78 is 19.7. The van der Waals surface area contributed by atoms with Gasteiger partial charge in [0.2, 0.25) is 0 Å². The molecule has 240 valence electrons. The molecule has 2 aliphatic rings. The highest BCUT2D eigenvalue weighted by atomic mass is 19.1. The monoisotopic (exact) mass is 606 g/mol. The summed E-state index contributed by atoms with van der Waals surface area (Å²) in [5, 5.41) is 10.2. The van der Waals surface area contributed by atoms with Crippen molar-refractivity contribution < 1.29 is 23.8 Å². The Morgan fingerprint density at radius 1 is 1.14 bits per heavy atom. The van der Waals surface area contributed by atoms with Gasteiger partial charge < -0.3 is 14.7 Å². The van der Waals surface area contributed by atoms with E-state index in [2.05, 4.69) is 29.8 Å². The molecule has 2 aliphatic heterocycles. The Morgan fingerprint density at radius 2 is 1.95 bits per heavy atom. The zero-order valence-corrected chi connectivity index (χ0v) is 27.1. The first-order valence-electron chi connectivity index (χ1n) is 16.6. The fraction of sp³-hybridized carbons (Fsp3) is 0.595. The van der Waals surface area contributed by atoms with E-state index in [9.17, 15) is 19.1 Å².